The lowest BCUT2D eigenvalue weighted by atomic mass is 9.83. The maximum Gasteiger partial charge on any atom is 0.204 e. The van der Waals surface area contributed by atoms with Crippen LogP contribution in [0.4, 0.5) is 0 Å². The quantitative estimate of drug-likeness (QED) is 0.0501. The first-order valence-electron chi connectivity index (χ1n) is 17.3. The van der Waals surface area contributed by atoms with Gasteiger partial charge in [0.2, 0.25) is 23.0 Å². The summed E-state index contributed by atoms with van der Waals surface area (Å²) in [6.07, 6.45) is 0. The van der Waals surface area contributed by atoms with Crippen LogP contribution in [0, 0.1) is 0 Å². The van der Waals surface area contributed by atoms with Crippen molar-refractivity contribution in [2.45, 2.75) is 0 Å². The van der Waals surface area contributed by atoms with Gasteiger partial charge in [0.05, 0.1) is 0 Å². The van der Waals surface area contributed by atoms with Gasteiger partial charge in [-0.05, 0) is 80.2 Å². The Hall–Kier alpha value is -7.78. The number of fused-ring (bicyclic) bond motifs is 7. The highest BCUT2D eigenvalue weighted by atomic mass is 16.4. The Bertz CT molecular complexity index is 3210. The Morgan fingerprint density at radius 3 is 1.29 bits per heavy atom. The van der Waals surface area contributed by atoms with Gasteiger partial charge in [-0.2, -0.15) is 0 Å². The minimum Gasteiger partial charge on any atom is -0.504 e. The lowest BCUT2D eigenvalue weighted by molar-refractivity contribution is 0.350. The number of rotatable bonds is 3. The van der Waals surface area contributed by atoms with E-state index in [-0.39, 0.29) is 32.7 Å². The lowest BCUT2D eigenvalue weighted by Crippen LogP contribution is -1.94. The number of benzene rings is 9. The van der Waals surface area contributed by atoms with Gasteiger partial charge < -0.3 is 45.3 Å². The van der Waals surface area contributed by atoms with Gasteiger partial charge in [-0.25, -0.2) is 0 Å². The van der Waals surface area contributed by atoms with Gasteiger partial charge in [-0.3, -0.25) is 0 Å². The summed E-state index contributed by atoms with van der Waals surface area (Å²) in [5.74, 6) is -7.35. The third-order valence-electron chi connectivity index (χ3n) is 10.7. The lowest BCUT2D eigenvalue weighted by Gasteiger charge is -2.22. The molecule has 0 bridgehead atoms. The molecule has 0 aliphatic heterocycles. The van der Waals surface area contributed by atoms with Gasteiger partial charge in [0, 0.05) is 43.4 Å². The maximum absolute atomic E-state index is 11.5. The highest BCUT2D eigenvalue weighted by Gasteiger charge is 2.32. The summed E-state index contributed by atoms with van der Waals surface area (Å²) >= 11 is 0. The predicted octanol–water partition coefficient (Wildman–Crippen LogP) is 10.8. The normalized spacial score (nSPS) is 11.9. The number of aromatic hydroxyl groups is 8. The minimum atomic E-state index is -1.02. The molecule has 0 aliphatic carbocycles. The molecule has 266 valence electrons. The van der Waals surface area contributed by atoms with Crippen molar-refractivity contribution in [1.82, 2.24) is 0 Å². The van der Waals surface area contributed by atoms with Crippen molar-refractivity contribution in [2.75, 3.05) is 0 Å². The van der Waals surface area contributed by atoms with E-state index in [9.17, 15) is 40.9 Å². The van der Waals surface area contributed by atoms with Crippen LogP contribution in [0.1, 0.15) is 0 Å². The topological polar surface area (TPSA) is 175 Å². The second-order valence-electron chi connectivity index (χ2n) is 13.7. The molecular weight excluding hydrogens is 696 g/mol. The van der Waals surface area contributed by atoms with E-state index >= 15 is 0 Å². The smallest absolute Gasteiger partial charge is 0.204 e. The van der Waals surface area contributed by atoms with Gasteiger partial charge in [0.15, 0.2) is 23.0 Å². The van der Waals surface area contributed by atoms with Crippen LogP contribution in [0.3, 0.4) is 0 Å². The van der Waals surface area contributed by atoms with Gasteiger partial charge in [0.1, 0.15) is 11.2 Å². The molecule has 9 aromatic carbocycles. The Morgan fingerprint density at radius 1 is 0.291 bits per heavy atom. The molecule has 55 heavy (non-hydrogen) atoms. The Kier molecular flexibility index (Phi) is 6.59. The fourth-order valence-electron chi connectivity index (χ4n) is 8.02. The molecule has 0 unspecified atom stereocenters. The van der Waals surface area contributed by atoms with Crippen LogP contribution in [0.5, 0.6) is 46.0 Å². The first kappa shape index (κ1) is 31.9. The SMILES string of the molecule is Oc1c(O)c(O)c2c(-c3ccc4cc(-c5ccc6oc7cc8ccccc8cc7c6c5)ccc4c3)c3c(O)c(O)c(O)c(O)c3c(-c3ccccc3)c2c1O. The van der Waals surface area contributed by atoms with Crippen LogP contribution in [0.15, 0.2) is 126 Å². The molecule has 0 aliphatic rings. The number of furan rings is 1. The van der Waals surface area contributed by atoms with Gasteiger partial charge in [-0.1, -0.05) is 84.9 Å². The molecule has 0 atom stereocenters. The fourth-order valence-corrected chi connectivity index (χ4v) is 8.02. The van der Waals surface area contributed by atoms with Crippen molar-refractivity contribution >= 4 is 65.0 Å². The van der Waals surface area contributed by atoms with Crippen molar-refractivity contribution in [1.29, 1.82) is 0 Å². The zero-order valence-electron chi connectivity index (χ0n) is 28.5. The van der Waals surface area contributed by atoms with Crippen LogP contribution in [-0.2, 0) is 0 Å². The molecule has 9 nitrogen and oxygen atoms in total. The van der Waals surface area contributed by atoms with Gasteiger partial charge >= 0.3 is 0 Å². The van der Waals surface area contributed by atoms with Crippen LogP contribution in [0.2, 0.25) is 0 Å². The number of phenolic OH excluding ortho intramolecular Hbond substituents is 8. The molecule has 10 aromatic rings. The van der Waals surface area contributed by atoms with Crippen molar-refractivity contribution in [3.63, 3.8) is 0 Å². The summed E-state index contributed by atoms with van der Waals surface area (Å²) < 4.78 is 6.20. The van der Waals surface area contributed by atoms with Crippen molar-refractivity contribution in [3.05, 3.63) is 121 Å². The van der Waals surface area contributed by atoms with Gasteiger partial charge in [0.25, 0.3) is 0 Å². The molecule has 0 radical (unpaired) electrons. The third kappa shape index (κ3) is 4.47. The highest BCUT2D eigenvalue weighted by molar-refractivity contribution is 6.29. The van der Waals surface area contributed by atoms with Crippen molar-refractivity contribution < 1.29 is 45.3 Å². The van der Waals surface area contributed by atoms with E-state index in [4.69, 9.17) is 4.42 Å². The van der Waals surface area contributed by atoms with E-state index in [1.165, 1.54) is 0 Å². The standard InChI is InChI=1S/C46H28O9/c47-39-35-33(21-6-2-1-3-7-21)36-38(42(50)46(54)44(52)40(36)48)34(37(35)41(49)45(53)43(39)51)28-13-12-24-16-25(10-11-26(24)17-28)27-14-15-31-29(19-27)30-18-22-8-4-5-9-23(22)20-32(30)55-31/h1-20,47-54H. The van der Waals surface area contributed by atoms with E-state index in [0.29, 0.717) is 11.1 Å². The summed E-state index contributed by atoms with van der Waals surface area (Å²) in [6.45, 7) is 0. The molecule has 1 aromatic heterocycles. The van der Waals surface area contributed by atoms with E-state index < -0.39 is 46.0 Å². The molecule has 0 saturated carbocycles. The van der Waals surface area contributed by atoms with Crippen molar-refractivity contribution in [3.8, 4) is 79.4 Å². The van der Waals surface area contributed by atoms with Crippen LogP contribution < -0.4 is 0 Å². The largest absolute Gasteiger partial charge is 0.504 e. The summed E-state index contributed by atoms with van der Waals surface area (Å²) in [6, 6.07) is 37.9. The molecule has 0 saturated heterocycles. The zero-order chi connectivity index (χ0) is 37.9. The average molecular weight is 725 g/mol. The van der Waals surface area contributed by atoms with E-state index in [1.54, 1.807) is 42.5 Å². The van der Waals surface area contributed by atoms with E-state index in [2.05, 4.69) is 30.3 Å². The summed E-state index contributed by atoms with van der Waals surface area (Å²) in [7, 11) is 0. The summed E-state index contributed by atoms with van der Waals surface area (Å²) in [5, 5.41) is 93.9. The molecule has 0 fully saturated rings. The molecule has 8 N–H and O–H groups in total. The molecule has 0 spiro atoms. The highest BCUT2D eigenvalue weighted by Crippen LogP contribution is 2.61. The Labute approximate surface area is 310 Å². The van der Waals surface area contributed by atoms with Crippen LogP contribution in [0.25, 0.3) is 98.4 Å². The number of hydrogen-bond donors (Lipinski definition) is 8. The van der Waals surface area contributed by atoms with E-state index in [1.807, 2.05) is 48.5 Å². The molecule has 0 amide bonds. The first-order chi connectivity index (χ1) is 26.6. The zero-order valence-corrected chi connectivity index (χ0v) is 28.5. The first-order valence-corrected chi connectivity index (χ1v) is 17.3. The molecule has 1 heterocycles. The summed E-state index contributed by atoms with van der Waals surface area (Å²) in [5.41, 5.74) is 4.17. The molecule has 9 heteroatoms. The molecular formula is C46H28O9. The molecule has 10 rings (SSSR count). The number of hydrogen-bond acceptors (Lipinski definition) is 9. The predicted molar refractivity (Wildman–Crippen MR) is 213 cm³/mol. The van der Waals surface area contributed by atoms with E-state index in [0.717, 1.165) is 54.6 Å². The van der Waals surface area contributed by atoms with Gasteiger partial charge in [-0.15, -0.1) is 0 Å². The minimum absolute atomic E-state index is 0.00142. The van der Waals surface area contributed by atoms with Crippen molar-refractivity contribution in [2.24, 2.45) is 0 Å². The maximum atomic E-state index is 11.5. The van der Waals surface area contributed by atoms with Crippen LogP contribution in [-0.4, -0.2) is 40.9 Å². The second-order valence-corrected chi connectivity index (χ2v) is 13.7. The second kappa shape index (κ2) is 11.4. The monoisotopic (exact) mass is 724 g/mol. The Balaban J connectivity index is 1.21. The Morgan fingerprint density at radius 2 is 0.709 bits per heavy atom. The summed E-state index contributed by atoms with van der Waals surface area (Å²) in [4.78, 5) is 0. The fraction of sp³-hybridized carbons (Fsp3) is 0. The van der Waals surface area contributed by atoms with Crippen LogP contribution >= 0.6 is 0 Å². The third-order valence-corrected chi connectivity index (χ3v) is 10.7. The average Bonchev–Trinajstić information content (AvgIpc) is 3.57. The number of phenols is 8.